The first-order valence-corrected chi connectivity index (χ1v) is 6.96. The van der Waals surface area contributed by atoms with E-state index in [0.717, 1.165) is 30.2 Å². The van der Waals surface area contributed by atoms with Crippen molar-refractivity contribution in [2.45, 2.75) is 19.6 Å². The van der Waals surface area contributed by atoms with Crippen LogP contribution in [0.3, 0.4) is 0 Å². The van der Waals surface area contributed by atoms with Gasteiger partial charge in [-0.1, -0.05) is 42.5 Å². The maximum absolute atomic E-state index is 6.01. The molecule has 0 radical (unpaired) electrons. The molecule has 1 aliphatic rings. The van der Waals surface area contributed by atoms with Crippen molar-refractivity contribution in [1.82, 2.24) is 5.32 Å². The standard InChI is InChI=1S/C17H19NO2/c1-13-6-5-9-16-17(13)20-15(12-19-16)11-18-10-14-7-3-2-4-8-14/h2-9,15,18H,10-12H2,1H3/t15-/m1/s1. The molecular formula is C17H19NO2. The Labute approximate surface area is 119 Å². The van der Waals surface area contributed by atoms with E-state index in [1.165, 1.54) is 5.56 Å². The van der Waals surface area contributed by atoms with Gasteiger partial charge < -0.3 is 14.8 Å². The average Bonchev–Trinajstić information content (AvgIpc) is 2.49. The van der Waals surface area contributed by atoms with E-state index >= 15 is 0 Å². The molecule has 3 heteroatoms. The van der Waals surface area contributed by atoms with Crippen LogP contribution in [0.25, 0.3) is 0 Å². The number of fused-ring (bicyclic) bond motifs is 1. The number of benzene rings is 2. The SMILES string of the molecule is Cc1cccc2c1O[C@H](CNCc1ccccc1)CO2. The topological polar surface area (TPSA) is 30.5 Å². The monoisotopic (exact) mass is 269 g/mol. The van der Waals surface area contributed by atoms with Gasteiger partial charge in [-0.25, -0.2) is 0 Å². The molecule has 3 rings (SSSR count). The number of aryl methyl sites for hydroxylation is 1. The highest BCUT2D eigenvalue weighted by Gasteiger charge is 2.21. The van der Waals surface area contributed by atoms with E-state index in [4.69, 9.17) is 9.47 Å². The van der Waals surface area contributed by atoms with Crippen molar-refractivity contribution in [3.05, 3.63) is 59.7 Å². The summed E-state index contributed by atoms with van der Waals surface area (Å²) >= 11 is 0. The molecule has 0 spiro atoms. The zero-order valence-corrected chi connectivity index (χ0v) is 11.6. The molecule has 0 amide bonds. The summed E-state index contributed by atoms with van der Waals surface area (Å²) < 4.78 is 11.8. The number of ether oxygens (including phenoxy) is 2. The van der Waals surface area contributed by atoms with E-state index < -0.39 is 0 Å². The maximum atomic E-state index is 6.01. The van der Waals surface area contributed by atoms with Crippen LogP contribution in [0.15, 0.2) is 48.5 Å². The number of rotatable bonds is 4. The fraction of sp³-hybridized carbons (Fsp3) is 0.294. The van der Waals surface area contributed by atoms with E-state index in [2.05, 4.69) is 29.6 Å². The summed E-state index contributed by atoms with van der Waals surface area (Å²) in [6, 6.07) is 16.4. The minimum absolute atomic E-state index is 0.0623. The molecule has 0 fully saturated rings. The first kappa shape index (κ1) is 13.0. The molecule has 0 aromatic heterocycles. The van der Waals surface area contributed by atoms with Gasteiger partial charge in [0.25, 0.3) is 0 Å². The molecule has 1 atom stereocenters. The lowest BCUT2D eigenvalue weighted by molar-refractivity contribution is 0.0893. The van der Waals surface area contributed by atoms with E-state index in [1.54, 1.807) is 0 Å². The largest absolute Gasteiger partial charge is 0.486 e. The Morgan fingerprint density at radius 3 is 2.80 bits per heavy atom. The molecule has 1 N–H and O–H groups in total. The maximum Gasteiger partial charge on any atom is 0.164 e. The zero-order valence-electron chi connectivity index (χ0n) is 11.6. The average molecular weight is 269 g/mol. The second kappa shape index (κ2) is 5.97. The van der Waals surface area contributed by atoms with Gasteiger partial charge in [0.05, 0.1) is 0 Å². The summed E-state index contributed by atoms with van der Waals surface area (Å²) in [5.41, 5.74) is 2.40. The molecule has 20 heavy (non-hydrogen) atoms. The lowest BCUT2D eigenvalue weighted by Crippen LogP contribution is -2.38. The Kier molecular flexibility index (Phi) is 3.88. The van der Waals surface area contributed by atoms with Crippen LogP contribution in [0.5, 0.6) is 11.5 Å². The van der Waals surface area contributed by atoms with Gasteiger partial charge in [-0.15, -0.1) is 0 Å². The van der Waals surface area contributed by atoms with Crippen LogP contribution in [0.4, 0.5) is 0 Å². The molecule has 104 valence electrons. The van der Waals surface area contributed by atoms with Gasteiger partial charge in [-0.2, -0.15) is 0 Å². The summed E-state index contributed by atoms with van der Waals surface area (Å²) in [6.45, 7) is 4.27. The van der Waals surface area contributed by atoms with Gasteiger partial charge in [0, 0.05) is 13.1 Å². The molecule has 1 aliphatic heterocycles. The van der Waals surface area contributed by atoms with E-state index in [0.29, 0.717) is 6.61 Å². The second-order valence-corrected chi connectivity index (χ2v) is 5.07. The van der Waals surface area contributed by atoms with E-state index in [9.17, 15) is 0 Å². The van der Waals surface area contributed by atoms with Crippen LogP contribution in [0, 0.1) is 6.92 Å². The van der Waals surface area contributed by atoms with Crippen LogP contribution in [0.1, 0.15) is 11.1 Å². The summed E-state index contributed by atoms with van der Waals surface area (Å²) in [5.74, 6) is 1.73. The number of nitrogens with one attached hydrogen (secondary N) is 1. The van der Waals surface area contributed by atoms with Crippen molar-refractivity contribution < 1.29 is 9.47 Å². The third-order valence-electron chi connectivity index (χ3n) is 3.43. The van der Waals surface area contributed by atoms with Gasteiger partial charge in [0.15, 0.2) is 11.5 Å². The van der Waals surface area contributed by atoms with Gasteiger partial charge in [0.2, 0.25) is 0 Å². The minimum Gasteiger partial charge on any atom is -0.486 e. The number of hydrogen-bond donors (Lipinski definition) is 1. The van der Waals surface area contributed by atoms with Crippen LogP contribution in [-0.2, 0) is 6.54 Å². The first-order valence-electron chi connectivity index (χ1n) is 6.96. The van der Waals surface area contributed by atoms with Gasteiger partial charge in [-0.3, -0.25) is 0 Å². The molecule has 0 unspecified atom stereocenters. The van der Waals surface area contributed by atoms with Crippen LogP contribution in [-0.4, -0.2) is 19.3 Å². The molecule has 0 saturated carbocycles. The quantitative estimate of drug-likeness (QED) is 0.925. The van der Waals surface area contributed by atoms with E-state index in [-0.39, 0.29) is 6.10 Å². The Morgan fingerprint density at radius 2 is 1.95 bits per heavy atom. The predicted molar refractivity (Wildman–Crippen MR) is 79.2 cm³/mol. The highest BCUT2D eigenvalue weighted by molar-refractivity contribution is 5.46. The molecule has 0 aliphatic carbocycles. The van der Waals surface area contributed by atoms with Crippen molar-refractivity contribution in [2.75, 3.05) is 13.2 Å². The molecule has 0 bridgehead atoms. The predicted octanol–water partition coefficient (Wildman–Crippen LogP) is 2.92. The first-order chi connectivity index (χ1) is 9.83. The van der Waals surface area contributed by atoms with Crippen molar-refractivity contribution >= 4 is 0 Å². The number of hydrogen-bond acceptors (Lipinski definition) is 3. The second-order valence-electron chi connectivity index (χ2n) is 5.07. The molecule has 1 heterocycles. The molecular weight excluding hydrogens is 250 g/mol. The summed E-state index contributed by atoms with van der Waals surface area (Å²) in [4.78, 5) is 0. The van der Waals surface area contributed by atoms with Crippen molar-refractivity contribution in [2.24, 2.45) is 0 Å². The third kappa shape index (κ3) is 2.94. The normalized spacial score (nSPS) is 16.9. The lowest BCUT2D eigenvalue weighted by Gasteiger charge is -2.27. The lowest BCUT2D eigenvalue weighted by atomic mass is 10.2. The van der Waals surface area contributed by atoms with Gasteiger partial charge in [0.1, 0.15) is 12.7 Å². The molecule has 2 aromatic carbocycles. The molecule has 3 nitrogen and oxygen atoms in total. The third-order valence-corrected chi connectivity index (χ3v) is 3.43. The van der Waals surface area contributed by atoms with Crippen molar-refractivity contribution in [3.8, 4) is 11.5 Å². The highest BCUT2D eigenvalue weighted by Crippen LogP contribution is 2.34. The van der Waals surface area contributed by atoms with Gasteiger partial charge in [-0.05, 0) is 24.1 Å². The molecule has 2 aromatic rings. The smallest absolute Gasteiger partial charge is 0.164 e. The van der Waals surface area contributed by atoms with Crippen molar-refractivity contribution in [3.63, 3.8) is 0 Å². The van der Waals surface area contributed by atoms with Crippen LogP contribution < -0.4 is 14.8 Å². The highest BCUT2D eigenvalue weighted by atomic mass is 16.6. The Bertz CT molecular complexity index is 568. The van der Waals surface area contributed by atoms with Gasteiger partial charge >= 0.3 is 0 Å². The molecule has 0 saturated heterocycles. The fourth-order valence-corrected chi connectivity index (χ4v) is 2.35. The van der Waals surface area contributed by atoms with Crippen LogP contribution in [0.2, 0.25) is 0 Å². The van der Waals surface area contributed by atoms with Crippen LogP contribution >= 0.6 is 0 Å². The number of para-hydroxylation sites is 1. The Morgan fingerprint density at radius 1 is 1.10 bits per heavy atom. The summed E-state index contributed by atoms with van der Waals surface area (Å²) in [5, 5.41) is 3.42. The van der Waals surface area contributed by atoms with E-state index in [1.807, 2.05) is 31.2 Å². The summed E-state index contributed by atoms with van der Waals surface area (Å²) in [7, 11) is 0. The Balaban J connectivity index is 1.54. The summed E-state index contributed by atoms with van der Waals surface area (Å²) in [6.07, 6.45) is 0.0623. The minimum atomic E-state index is 0.0623. The zero-order chi connectivity index (χ0) is 13.8. The Hall–Kier alpha value is -2.00. The fourth-order valence-electron chi connectivity index (χ4n) is 2.35. The van der Waals surface area contributed by atoms with Crippen molar-refractivity contribution in [1.29, 1.82) is 0 Å².